The van der Waals surface area contributed by atoms with Crippen LogP contribution in [0, 0.1) is 28.6 Å². The molecule has 5 aliphatic rings. The van der Waals surface area contributed by atoms with Gasteiger partial charge in [-0.15, -0.1) is 0 Å². The molecule has 1 aliphatic heterocycles. The number of methoxy groups -OCH3 is 1. The van der Waals surface area contributed by atoms with E-state index in [1.54, 1.807) is 25.2 Å². The summed E-state index contributed by atoms with van der Waals surface area (Å²) in [4.78, 5) is 32.0. The van der Waals surface area contributed by atoms with Gasteiger partial charge in [0, 0.05) is 35.8 Å². The highest BCUT2D eigenvalue weighted by molar-refractivity contribution is 6.01. The van der Waals surface area contributed by atoms with Gasteiger partial charge in [0.25, 0.3) is 0 Å². The molecule has 4 aliphatic carbocycles. The number of aliphatic hydroxyl groups is 1. The topological polar surface area (TPSA) is 76.1 Å². The zero-order valence-electron chi connectivity index (χ0n) is 22.1. The molecule has 8 heteroatoms. The Morgan fingerprint density at radius 1 is 1.24 bits per heavy atom. The summed E-state index contributed by atoms with van der Waals surface area (Å²) < 4.78 is 36.8. The summed E-state index contributed by atoms with van der Waals surface area (Å²) in [6.45, 7) is 3.31. The van der Waals surface area contributed by atoms with Crippen molar-refractivity contribution in [3.05, 3.63) is 53.6 Å². The van der Waals surface area contributed by atoms with Gasteiger partial charge in [-0.2, -0.15) is 5.06 Å². The molecule has 38 heavy (non-hydrogen) atoms. The van der Waals surface area contributed by atoms with E-state index >= 15 is 4.39 Å². The first-order chi connectivity index (χ1) is 18.0. The second-order valence-electron chi connectivity index (χ2n) is 12.3. The highest BCUT2D eigenvalue weighted by atomic mass is 19.1. The van der Waals surface area contributed by atoms with E-state index < -0.39 is 46.6 Å². The number of ketones is 2. The Morgan fingerprint density at radius 2 is 1.97 bits per heavy atom. The number of alkyl halides is 2. The highest BCUT2D eigenvalue weighted by Crippen LogP contribution is 2.72. The number of halogens is 2. The molecule has 3 saturated carbocycles. The van der Waals surface area contributed by atoms with Crippen molar-refractivity contribution in [3.8, 4) is 5.75 Å². The van der Waals surface area contributed by atoms with Crippen LogP contribution in [0.1, 0.15) is 45.1 Å². The van der Waals surface area contributed by atoms with E-state index in [0.717, 1.165) is 11.3 Å². The number of nitrogens with zero attached hydrogens (tertiary/aromatic N) is 1. The minimum atomic E-state index is -2.00. The first kappa shape index (κ1) is 25.8. The summed E-state index contributed by atoms with van der Waals surface area (Å²) in [5.74, 6) is -1.21. The Hall–Kier alpha value is -2.42. The number of Topliss-reactive ketones (excluding diaryl/α,β-unsaturated/α-hetero) is 1. The Bertz CT molecular complexity index is 1230. The molecule has 204 valence electrons. The van der Waals surface area contributed by atoms with Gasteiger partial charge in [-0.25, -0.2) is 8.78 Å². The molecule has 1 aromatic rings. The van der Waals surface area contributed by atoms with E-state index in [1.807, 2.05) is 31.2 Å². The molecule has 0 bridgehead atoms. The third-order valence-electron chi connectivity index (χ3n) is 10.7. The van der Waals surface area contributed by atoms with Crippen molar-refractivity contribution in [2.24, 2.45) is 28.6 Å². The summed E-state index contributed by atoms with van der Waals surface area (Å²) in [6.07, 6.45) is 4.62. The maximum atomic E-state index is 17.4. The van der Waals surface area contributed by atoms with E-state index in [4.69, 9.17) is 9.57 Å². The second-order valence-corrected chi connectivity index (χ2v) is 12.3. The van der Waals surface area contributed by atoms with Crippen molar-refractivity contribution in [2.45, 2.75) is 63.4 Å². The first-order valence-corrected chi connectivity index (χ1v) is 13.5. The fourth-order valence-electron chi connectivity index (χ4n) is 8.96. The van der Waals surface area contributed by atoms with Gasteiger partial charge in [0.2, 0.25) is 0 Å². The minimum absolute atomic E-state index is 0.0199. The predicted octanol–water partition coefficient (Wildman–Crippen LogP) is 4.32. The molecular formula is C30H35F2NO5. The van der Waals surface area contributed by atoms with E-state index in [2.05, 4.69) is 0 Å². The number of carbonyl (C=O) groups is 2. The quantitative estimate of drug-likeness (QED) is 0.615. The van der Waals surface area contributed by atoms with Gasteiger partial charge in [-0.3, -0.25) is 14.4 Å². The van der Waals surface area contributed by atoms with Crippen molar-refractivity contribution in [1.82, 2.24) is 5.06 Å². The number of hydrogen-bond acceptors (Lipinski definition) is 6. The van der Waals surface area contributed by atoms with Gasteiger partial charge >= 0.3 is 0 Å². The molecule has 8 atom stereocenters. The summed E-state index contributed by atoms with van der Waals surface area (Å²) in [7, 11) is 1.60. The van der Waals surface area contributed by atoms with Crippen LogP contribution in [0.5, 0.6) is 5.75 Å². The SMILES string of the molecule is COc1ccc(CN2C[C@@H]3C[C@H]4[C@@H]5CCC6=CC(=O)C=C[C@]6(C)[C@@]5(F)[C@@H](O)C[C@]4(C)[C@]3(C(=O)CF)O2)cc1. The van der Waals surface area contributed by atoms with Crippen LogP contribution in [0.2, 0.25) is 0 Å². The average Bonchev–Trinajstić information content (AvgIpc) is 3.37. The van der Waals surface area contributed by atoms with Crippen molar-refractivity contribution in [3.63, 3.8) is 0 Å². The molecule has 4 fully saturated rings. The van der Waals surface area contributed by atoms with Gasteiger partial charge in [-0.05, 0) is 68.4 Å². The number of fused-ring (bicyclic) bond motifs is 7. The van der Waals surface area contributed by atoms with Crippen LogP contribution in [-0.4, -0.2) is 59.4 Å². The molecule has 0 spiro atoms. The smallest absolute Gasteiger partial charge is 0.198 e. The molecule has 1 heterocycles. The summed E-state index contributed by atoms with van der Waals surface area (Å²) in [5, 5.41) is 13.3. The molecule has 6 nitrogen and oxygen atoms in total. The van der Waals surface area contributed by atoms with E-state index in [1.165, 1.54) is 12.2 Å². The van der Waals surface area contributed by atoms with Crippen LogP contribution in [0.25, 0.3) is 0 Å². The number of allylic oxidation sites excluding steroid dienone is 4. The van der Waals surface area contributed by atoms with Crippen LogP contribution < -0.4 is 4.74 Å². The van der Waals surface area contributed by atoms with Crippen molar-refractivity contribution in [2.75, 3.05) is 20.3 Å². The highest BCUT2D eigenvalue weighted by Gasteiger charge is 2.78. The van der Waals surface area contributed by atoms with Gasteiger partial charge < -0.3 is 9.84 Å². The Kier molecular flexibility index (Phi) is 5.80. The lowest BCUT2D eigenvalue weighted by Crippen LogP contribution is -2.69. The lowest BCUT2D eigenvalue weighted by Gasteiger charge is -2.62. The number of ether oxygens (including phenoxy) is 1. The predicted molar refractivity (Wildman–Crippen MR) is 135 cm³/mol. The lowest BCUT2D eigenvalue weighted by atomic mass is 9.44. The largest absolute Gasteiger partial charge is 0.497 e. The number of hydroxylamine groups is 2. The average molecular weight is 528 g/mol. The lowest BCUT2D eigenvalue weighted by molar-refractivity contribution is -0.267. The number of hydrogen-bond donors (Lipinski definition) is 1. The Balaban J connectivity index is 1.35. The van der Waals surface area contributed by atoms with Crippen molar-refractivity contribution in [1.29, 1.82) is 0 Å². The van der Waals surface area contributed by atoms with Crippen molar-refractivity contribution >= 4 is 11.6 Å². The normalized spacial score (nSPS) is 43.6. The molecule has 1 aromatic carbocycles. The summed E-state index contributed by atoms with van der Waals surface area (Å²) in [6, 6.07) is 7.54. The number of aliphatic hydroxyl groups excluding tert-OH is 1. The minimum Gasteiger partial charge on any atom is -0.497 e. The number of rotatable bonds is 5. The first-order valence-electron chi connectivity index (χ1n) is 13.5. The van der Waals surface area contributed by atoms with Crippen LogP contribution in [0.15, 0.2) is 48.1 Å². The molecule has 1 saturated heterocycles. The van der Waals surface area contributed by atoms with E-state index in [9.17, 15) is 19.1 Å². The zero-order valence-corrected chi connectivity index (χ0v) is 22.1. The molecule has 0 aromatic heterocycles. The summed E-state index contributed by atoms with van der Waals surface area (Å²) >= 11 is 0. The standard InChI is InChI=1S/C30H35F2NO5/c1-27-11-10-21(34)12-19(27)6-9-23-24-13-20-17-33(16-18-4-7-22(37-3)8-5-18)38-30(20,26(36)15-31)28(24,2)14-25(35)29(23,27)32/h4-5,7-8,10-12,20,23-25,35H,6,9,13-17H2,1-3H3/t20-,23-,24-,25-,27-,28-,29-,30-/m0/s1. The van der Waals surface area contributed by atoms with Gasteiger partial charge in [0.15, 0.2) is 29.5 Å². The van der Waals surface area contributed by atoms with Crippen LogP contribution in [0.4, 0.5) is 8.78 Å². The molecular weight excluding hydrogens is 492 g/mol. The van der Waals surface area contributed by atoms with Gasteiger partial charge in [0.05, 0.1) is 13.2 Å². The Morgan fingerprint density at radius 3 is 2.66 bits per heavy atom. The maximum Gasteiger partial charge on any atom is 0.198 e. The molecule has 1 N–H and O–H groups in total. The molecule has 0 amide bonds. The zero-order chi connectivity index (χ0) is 27.1. The maximum absolute atomic E-state index is 17.4. The fourth-order valence-corrected chi connectivity index (χ4v) is 8.96. The summed E-state index contributed by atoms with van der Waals surface area (Å²) in [5.41, 5.74) is -3.85. The van der Waals surface area contributed by atoms with E-state index in [0.29, 0.717) is 37.9 Å². The van der Waals surface area contributed by atoms with E-state index in [-0.39, 0.29) is 24.0 Å². The molecule has 0 unspecified atom stereocenters. The second kappa shape index (κ2) is 8.54. The van der Waals surface area contributed by atoms with Crippen LogP contribution in [-0.2, 0) is 21.0 Å². The van der Waals surface area contributed by atoms with Gasteiger partial charge in [-0.1, -0.05) is 30.7 Å². The van der Waals surface area contributed by atoms with Crippen LogP contribution >= 0.6 is 0 Å². The number of benzene rings is 1. The fraction of sp³-hybridized carbons (Fsp3) is 0.600. The third kappa shape index (κ3) is 3.14. The third-order valence-corrected chi connectivity index (χ3v) is 10.7. The van der Waals surface area contributed by atoms with Gasteiger partial charge in [0.1, 0.15) is 5.75 Å². The molecule has 0 radical (unpaired) electrons. The van der Waals surface area contributed by atoms with Crippen LogP contribution in [0.3, 0.4) is 0 Å². The molecule has 6 rings (SSSR count). The Labute approximate surface area is 221 Å². The van der Waals surface area contributed by atoms with Crippen molar-refractivity contribution < 1.29 is 33.1 Å². The monoisotopic (exact) mass is 527 g/mol. The number of carbonyl (C=O) groups excluding carboxylic acids is 2.